The molecular formula is C22H44N2O2. The molecule has 0 aromatic carbocycles. The number of carbonyl (C=O) groups is 2. The lowest BCUT2D eigenvalue weighted by Gasteiger charge is -2.05. The van der Waals surface area contributed by atoms with Crippen LogP contribution in [0.5, 0.6) is 0 Å². The first kappa shape index (κ1) is 24.9. The molecular weight excluding hydrogens is 324 g/mol. The number of carbonyl (C=O) groups excluding carboxylic acids is 2. The van der Waals surface area contributed by atoms with Crippen molar-refractivity contribution in [3.63, 3.8) is 0 Å². The third-order valence-corrected chi connectivity index (χ3v) is 4.95. The monoisotopic (exact) mass is 368 g/mol. The van der Waals surface area contributed by atoms with Crippen LogP contribution in [-0.4, -0.2) is 18.4 Å². The molecule has 4 heteroatoms. The summed E-state index contributed by atoms with van der Waals surface area (Å²) in [4.78, 5) is 22.0. The fourth-order valence-corrected chi connectivity index (χ4v) is 3.23. The van der Waals surface area contributed by atoms with Gasteiger partial charge in [0, 0.05) is 19.4 Å². The number of nitrogens with two attached hydrogens (primary N) is 1. The van der Waals surface area contributed by atoms with E-state index in [1.165, 1.54) is 96.3 Å². The summed E-state index contributed by atoms with van der Waals surface area (Å²) in [5.74, 6) is -0.479. The standard InChI is InChI=1S/C22H44N2O2/c1-2-3-4-5-6-7-8-9-10-11-12-13-14-15-16-17-20-24-22(26)19-18-21(23)25/h2-20H2,1H3,(H2,23,25)(H,24,26). The Morgan fingerprint density at radius 2 is 1.00 bits per heavy atom. The molecule has 0 heterocycles. The second-order valence-electron chi connectivity index (χ2n) is 7.62. The van der Waals surface area contributed by atoms with Crippen LogP contribution < -0.4 is 11.1 Å². The van der Waals surface area contributed by atoms with Gasteiger partial charge in [-0.3, -0.25) is 9.59 Å². The molecule has 0 saturated heterocycles. The zero-order valence-corrected chi connectivity index (χ0v) is 17.3. The van der Waals surface area contributed by atoms with Gasteiger partial charge in [0.2, 0.25) is 11.8 Å². The van der Waals surface area contributed by atoms with Crippen molar-refractivity contribution < 1.29 is 9.59 Å². The lowest BCUT2D eigenvalue weighted by atomic mass is 10.0. The van der Waals surface area contributed by atoms with E-state index < -0.39 is 5.91 Å². The van der Waals surface area contributed by atoms with Crippen molar-refractivity contribution in [1.29, 1.82) is 0 Å². The fraction of sp³-hybridized carbons (Fsp3) is 0.909. The van der Waals surface area contributed by atoms with Crippen LogP contribution in [0.3, 0.4) is 0 Å². The summed E-state index contributed by atoms with van der Waals surface area (Å²) >= 11 is 0. The Morgan fingerprint density at radius 3 is 1.38 bits per heavy atom. The first-order valence-electron chi connectivity index (χ1n) is 11.2. The van der Waals surface area contributed by atoms with Gasteiger partial charge in [-0.05, 0) is 6.42 Å². The van der Waals surface area contributed by atoms with Gasteiger partial charge in [-0.15, -0.1) is 0 Å². The van der Waals surface area contributed by atoms with Crippen LogP contribution in [0, 0.1) is 0 Å². The number of amides is 2. The van der Waals surface area contributed by atoms with Gasteiger partial charge in [0.05, 0.1) is 0 Å². The Kier molecular flexibility index (Phi) is 19.4. The van der Waals surface area contributed by atoms with Crippen molar-refractivity contribution in [3.8, 4) is 0 Å². The van der Waals surface area contributed by atoms with Crippen LogP contribution in [0.2, 0.25) is 0 Å². The lowest BCUT2D eigenvalue weighted by molar-refractivity contribution is -0.125. The minimum atomic E-state index is -0.414. The molecule has 0 atom stereocenters. The predicted octanol–water partition coefficient (Wildman–Crippen LogP) is 5.63. The van der Waals surface area contributed by atoms with E-state index in [4.69, 9.17) is 5.73 Å². The summed E-state index contributed by atoms with van der Waals surface area (Å²) in [7, 11) is 0. The summed E-state index contributed by atoms with van der Waals surface area (Å²) in [5, 5.41) is 2.84. The Hall–Kier alpha value is -1.06. The summed E-state index contributed by atoms with van der Waals surface area (Å²) in [6.45, 7) is 2.99. The van der Waals surface area contributed by atoms with Crippen LogP contribution in [0.25, 0.3) is 0 Å². The smallest absolute Gasteiger partial charge is 0.220 e. The second-order valence-corrected chi connectivity index (χ2v) is 7.62. The van der Waals surface area contributed by atoms with Crippen molar-refractivity contribution in [1.82, 2.24) is 5.32 Å². The lowest BCUT2D eigenvalue weighted by Crippen LogP contribution is -2.25. The van der Waals surface area contributed by atoms with Gasteiger partial charge in [0.25, 0.3) is 0 Å². The molecule has 0 radical (unpaired) electrons. The molecule has 0 aliphatic carbocycles. The average Bonchev–Trinajstić information content (AvgIpc) is 2.62. The minimum Gasteiger partial charge on any atom is -0.370 e. The number of nitrogens with one attached hydrogen (secondary N) is 1. The molecule has 0 aliphatic heterocycles. The number of hydrogen-bond acceptors (Lipinski definition) is 2. The van der Waals surface area contributed by atoms with Gasteiger partial charge in [0.15, 0.2) is 0 Å². The Labute approximate surface area is 162 Å². The van der Waals surface area contributed by atoms with Crippen molar-refractivity contribution in [2.24, 2.45) is 5.73 Å². The highest BCUT2D eigenvalue weighted by atomic mass is 16.2. The van der Waals surface area contributed by atoms with E-state index in [2.05, 4.69) is 12.2 Å². The van der Waals surface area contributed by atoms with E-state index >= 15 is 0 Å². The molecule has 0 spiro atoms. The molecule has 0 aliphatic rings. The minimum absolute atomic E-state index is 0.0650. The highest BCUT2D eigenvalue weighted by Crippen LogP contribution is 2.13. The van der Waals surface area contributed by atoms with Gasteiger partial charge < -0.3 is 11.1 Å². The molecule has 0 aromatic heterocycles. The number of unbranched alkanes of at least 4 members (excludes halogenated alkanes) is 15. The van der Waals surface area contributed by atoms with Crippen LogP contribution in [0.15, 0.2) is 0 Å². The zero-order valence-electron chi connectivity index (χ0n) is 17.3. The van der Waals surface area contributed by atoms with Gasteiger partial charge in [-0.2, -0.15) is 0 Å². The number of primary amides is 1. The van der Waals surface area contributed by atoms with E-state index in [1.807, 2.05) is 0 Å². The Morgan fingerprint density at radius 1 is 0.615 bits per heavy atom. The van der Waals surface area contributed by atoms with Gasteiger partial charge in [0.1, 0.15) is 0 Å². The molecule has 0 unspecified atom stereocenters. The summed E-state index contributed by atoms with van der Waals surface area (Å²) in [5.41, 5.74) is 5.02. The van der Waals surface area contributed by atoms with E-state index in [1.54, 1.807) is 0 Å². The molecule has 4 nitrogen and oxygen atoms in total. The Balaban J connectivity index is 3.09. The second kappa shape index (κ2) is 20.3. The topological polar surface area (TPSA) is 72.2 Å². The van der Waals surface area contributed by atoms with Crippen molar-refractivity contribution in [2.75, 3.05) is 6.54 Å². The molecule has 0 rings (SSSR count). The zero-order chi connectivity index (χ0) is 19.3. The maximum Gasteiger partial charge on any atom is 0.220 e. The quantitative estimate of drug-likeness (QED) is 0.273. The van der Waals surface area contributed by atoms with E-state index in [9.17, 15) is 9.59 Å². The molecule has 0 bridgehead atoms. The third kappa shape index (κ3) is 21.0. The van der Waals surface area contributed by atoms with E-state index in [0.29, 0.717) is 0 Å². The number of hydrogen-bond donors (Lipinski definition) is 2. The molecule has 154 valence electrons. The first-order chi connectivity index (χ1) is 12.7. The van der Waals surface area contributed by atoms with Crippen LogP contribution in [0.4, 0.5) is 0 Å². The molecule has 0 saturated carbocycles. The molecule has 2 amide bonds. The summed E-state index contributed by atoms with van der Waals surface area (Å²) < 4.78 is 0. The third-order valence-electron chi connectivity index (χ3n) is 4.95. The van der Waals surface area contributed by atoms with Crippen LogP contribution in [0.1, 0.15) is 122 Å². The molecule has 26 heavy (non-hydrogen) atoms. The molecule has 0 aromatic rings. The SMILES string of the molecule is CCCCCCCCCCCCCCCCCCNC(=O)CCC(N)=O. The largest absolute Gasteiger partial charge is 0.370 e. The predicted molar refractivity (Wildman–Crippen MR) is 111 cm³/mol. The van der Waals surface area contributed by atoms with Crippen LogP contribution >= 0.6 is 0 Å². The Bertz CT molecular complexity index is 332. The first-order valence-corrected chi connectivity index (χ1v) is 11.2. The van der Waals surface area contributed by atoms with Gasteiger partial charge in [-0.1, -0.05) is 103 Å². The van der Waals surface area contributed by atoms with Crippen molar-refractivity contribution in [2.45, 2.75) is 122 Å². The van der Waals surface area contributed by atoms with Crippen molar-refractivity contribution in [3.05, 3.63) is 0 Å². The normalized spacial score (nSPS) is 10.8. The fourth-order valence-electron chi connectivity index (χ4n) is 3.23. The van der Waals surface area contributed by atoms with E-state index in [0.717, 1.165) is 13.0 Å². The summed E-state index contributed by atoms with van der Waals surface area (Å²) in [6, 6.07) is 0. The average molecular weight is 369 g/mol. The van der Waals surface area contributed by atoms with Crippen LogP contribution in [-0.2, 0) is 9.59 Å². The number of rotatable bonds is 20. The van der Waals surface area contributed by atoms with E-state index in [-0.39, 0.29) is 18.7 Å². The highest BCUT2D eigenvalue weighted by Gasteiger charge is 2.02. The van der Waals surface area contributed by atoms with Gasteiger partial charge in [-0.25, -0.2) is 0 Å². The van der Waals surface area contributed by atoms with Gasteiger partial charge >= 0.3 is 0 Å². The van der Waals surface area contributed by atoms with Crippen molar-refractivity contribution >= 4 is 11.8 Å². The highest BCUT2D eigenvalue weighted by molar-refractivity contribution is 5.82. The maximum absolute atomic E-state index is 11.4. The molecule has 0 fully saturated rings. The molecule has 3 N–H and O–H groups in total. The summed E-state index contributed by atoms with van der Waals surface area (Å²) in [6.07, 6.45) is 22.0. The maximum atomic E-state index is 11.4.